The molecule has 1 aromatic heterocycles. The number of piperazine rings is 1. The smallest absolute Gasteiger partial charge is 0.407 e. The Morgan fingerprint density at radius 2 is 1.87 bits per heavy atom. The Bertz CT molecular complexity index is 1660. The average Bonchev–Trinajstić information content (AvgIpc) is 3.51. The highest BCUT2D eigenvalue weighted by Crippen LogP contribution is 2.29. The average molecular weight is 644 g/mol. The highest BCUT2D eigenvalue weighted by Gasteiger charge is 2.38. The number of hydrogen-bond acceptors (Lipinski definition) is 12. The molecule has 244 valence electrons. The van der Waals surface area contributed by atoms with E-state index in [4.69, 9.17) is 14.2 Å². The second-order valence-corrected chi connectivity index (χ2v) is 11.9. The van der Waals surface area contributed by atoms with Crippen molar-refractivity contribution in [3.8, 4) is 23.2 Å². The predicted octanol–water partition coefficient (Wildman–Crippen LogP) is 2.10. The quantitative estimate of drug-likeness (QED) is 0.369. The van der Waals surface area contributed by atoms with E-state index in [2.05, 4.69) is 53.6 Å². The molecule has 4 aliphatic heterocycles. The van der Waals surface area contributed by atoms with Crippen LogP contribution in [0.25, 0.3) is 11.4 Å². The summed E-state index contributed by atoms with van der Waals surface area (Å²) in [6.45, 7) is 5.66. The van der Waals surface area contributed by atoms with Gasteiger partial charge in [0.1, 0.15) is 36.9 Å². The van der Waals surface area contributed by atoms with Crippen LogP contribution in [0.3, 0.4) is 0 Å². The summed E-state index contributed by atoms with van der Waals surface area (Å²) in [4.78, 5) is 43.2. The molecule has 4 saturated heterocycles. The van der Waals surface area contributed by atoms with Crippen LogP contribution in [0.4, 0.5) is 26.5 Å². The lowest BCUT2D eigenvalue weighted by Crippen LogP contribution is -2.56. The molecule has 2 aromatic carbocycles. The van der Waals surface area contributed by atoms with Crippen molar-refractivity contribution in [2.45, 2.75) is 30.8 Å². The van der Waals surface area contributed by atoms with Crippen LogP contribution in [0.1, 0.15) is 12.0 Å². The van der Waals surface area contributed by atoms with Crippen molar-refractivity contribution in [3.05, 3.63) is 54.4 Å². The predicted molar refractivity (Wildman–Crippen MR) is 167 cm³/mol. The number of nitriles is 1. The van der Waals surface area contributed by atoms with Crippen LogP contribution in [-0.4, -0.2) is 120 Å². The minimum Gasteiger partial charge on any atom is -0.486 e. The van der Waals surface area contributed by atoms with Crippen LogP contribution in [0.5, 0.6) is 5.75 Å². The maximum atomic E-state index is 15.1. The van der Waals surface area contributed by atoms with Crippen molar-refractivity contribution in [1.29, 1.82) is 5.26 Å². The summed E-state index contributed by atoms with van der Waals surface area (Å²) in [6.07, 6.45) is -1.38. The highest BCUT2D eigenvalue weighted by atomic mass is 19.1. The molecule has 0 radical (unpaired) electrons. The van der Waals surface area contributed by atoms with Gasteiger partial charge in [0.05, 0.1) is 31.4 Å². The number of alkyl halides is 1. The van der Waals surface area contributed by atoms with Gasteiger partial charge >= 0.3 is 6.09 Å². The molecule has 4 fully saturated rings. The minimum absolute atomic E-state index is 0.0791. The van der Waals surface area contributed by atoms with Crippen molar-refractivity contribution in [1.82, 2.24) is 30.1 Å². The number of alkyl carbamates (subject to hydrolysis) is 1. The van der Waals surface area contributed by atoms with E-state index < -0.39 is 30.3 Å². The van der Waals surface area contributed by atoms with Gasteiger partial charge in [0.2, 0.25) is 11.9 Å². The fourth-order valence-corrected chi connectivity index (χ4v) is 6.14. The number of halogens is 1. The van der Waals surface area contributed by atoms with Gasteiger partial charge in [-0.25, -0.2) is 19.2 Å². The Kier molecular flexibility index (Phi) is 8.68. The van der Waals surface area contributed by atoms with E-state index in [9.17, 15) is 14.9 Å². The molecule has 1 unspecified atom stereocenters. The molecule has 15 heteroatoms. The third-order valence-corrected chi connectivity index (χ3v) is 8.91. The number of nitrogens with zero attached hydrogens (tertiary/aromatic N) is 7. The van der Waals surface area contributed by atoms with E-state index in [1.165, 1.54) is 11.2 Å². The molecule has 14 nitrogen and oxygen atoms in total. The Balaban J connectivity index is 0.956. The number of hydrogen-bond donors (Lipinski definition) is 2. The number of ether oxygens (including phenoxy) is 3. The third-order valence-electron chi connectivity index (χ3n) is 8.91. The topological polar surface area (TPSA) is 158 Å². The fraction of sp³-hybridized carbons (Fsp3) is 0.438. The van der Waals surface area contributed by atoms with Crippen LogP contribution in [-0.2, 0) is 14.3 Å². The van der Waals surface area contributed by atoms with E-state index in [-0.39, 0.29) is 37.4 Å². The van der Waals surface area contributed by atoms with Crippen molar-refractivity contribution < 1.29 is 28.2 Å². The number of carbonyl (C=O) groups is 2. The zero-order chi connectivity index (χ0) is 32.3. The Labute approximate surface area is 270 Å². The number of piperidine rings is 1. The normalized spacial score (nSPS) is 23.3. The number of anilines is 3. The number of cyclic esters (lactones) is 1. The molecule has 0 spiro atoms. The lowest BCUT2D eigenvalue weighted by atomic mass is 10.0. The monoisotopic (exact) mass is 643 g/mol. The van der Waals surface area contributed by atoms with Gasteiger partial charge in [0.25, 0.3) is 0 Å². The first-order valence-corrected chi connectivity index (χ1v) is 15.6. The van der Waals surface area contributed by atoms with Gasteiger partial charge in [-0.05, 0) is 42.5 Å². The van der Waals surface area contributed by atoms with Crippen molar-refractivity contribution in [3.63, 3.8) is 0 Å². The van der Waals surface area contributed by atoms with Crippen LogP contribution in [0, 0.1) is 11.3 Å². The molecule has 4 aliphatic rings. The molecule has 3 atom stereocenters. The van der Waals surface area contributed by atoms with Gasteiger partial charge in [-0.2, -0.15) is 10.2 Å². The SMILES string of the molecule is N#Cc1cc(-c2ncnc(Nc3ccc(N4CCN(C5COC5)CC4)cc3)n2)ccc1O[C@H]1CCN(C(=O)C2COC(=O)N2)C[C@H]1F. The fourth-order valence-electron chi connectivity index (χ4n) is 6.14. The van der Waals surface area contributed by atoms with Gasteiger partial charge in [-0.1, -0.05) is 0 Å². The number of carbonyl (C=O) groups excluding carboxylic acids is 2. The molecule has 7 rings (SSSR count). The van der Waals surface area contributed by atoms with Gasteiger partial charge in [-0.15, -0.1) is 0 Å². The molecular formula is C32H34FN9O5. The summed E-state index contributed by atoms with van der Waals surface area (Å²) >= 11 is 0. The Morgan fingerprint density at radius 3 is 2.55 bits per heavy atom. The first-order valence-electron chi connectivity index (χ1n) is 15.6. The number of amides is 2. The Hall–Kier alpha value is -5.07. The van der Waals surface area contributed by atoms with Gasteiger partial charge in [-0.3, -0.25) is 9.69 Å². The maximum absolute atomic E-state index is 15.1. The maximum Gasteiger partial charge on any atom is 0.407 e. The number of likely N-dealkylation sites (tertiary alicyclic amines) is 1. The first kappa shape index (κ1) is 30.6. The van der Waals surface area contributed by atoms with E-state index >= 15 is 4.39 Å². The molecule has 2 N–H and O–H groups in total. The molecule has 5 heterocycles. The number of benzene rings is 2. The van der Waals surface area contributed by atoms with Gasteiger partial charge in [0, 0.05) is 56.1 Å². The van der Waals surface area contributed by atoms with Crippen molar-refractivity contribution in [2.24, 2.45) is 0 Å². The van der Waals surface area contributed by atoms with Crippen molar-refractivity contribution in [2.75, 3.05) is 69.3 Å². The summed E-state index contributed by atoms with van der Waals surface area (Å²) in [5, 5.41) is 15.5. The summed E-state index contributed by atoms with van der Waals surface area (Å²) in [7, 11) is 0. The molecule has 3 aromatic rings. The van der Waals surface area contributed by atoms with E-state index in [0.29, 0.717) is 23.4 Å². The first-order chi connectivity index (χ1) is 22.9. The molecule has 0 saturated carbocycles. The molecule has 0 aliphatic carbocycles. The number of aromatic nitrogens is 3. The van der Waals surface area contributed by atoms with Crippen LogP contribution >= 0.6 is 0 Å². The van der Waals surface area contributed by atoms with E-state index in [0.717, 1.165) is 50.8 Å². The van der Waals surface area contributed by atoms with Gasteiger partial charge in [0.15, 0.2) is 12.0 Å². The van der Waals surface area contributed by atoms with Crippen LogP contribution < -0.4 is 20.3 Å². The number of rotatable bonds is 8. The summed E-state index contributed by atoms with van der Waals surface area (Å²) in [6, 6.07) is 14.9. The summed E-state index contributed by atoms with van der Waals surface area (Å²) in [5.74, 6) is 0.538. The largest absolute Gasteiger partial charge is 0.486 e. The second kappa shape index (κ2) is 13.3. The Morgan fingerprint density at radius 1 is 1.06 bits per heavy atom. The molecule has 47 heavy (non-hydrogen) atoms. The summed E-state index contributed by atoms with van der Waals surface area (Å²) in [5.41, 5.74) is 2.76. The standard InChI is InChI=1S/C32H34FN9O5/c33-25-15-42(30(43)26-18-46-32(44)38-26)8-7-28(25)47-27-6-1-20(13-21(27)14-34)29-35-19-36-31(39-29)37-22-2-4-23(5-3-22)40-9-11-41(12-10-40)24-16-45-17-24/h1-6,13,19,24-26,28H,7-12,15-18H2,(H,38,44)(H,35,36,37,39)/t25-,26?,28+/m1/s1. The third kappa shape index (κ3) is 6.74. The molecule has 0 bridgehead atoms. The van der Waals surface area contributed by atoms with Crippen LogP contribution in [0.15, 0.2) is 48.8 Å². The highest BCUT2D eigenvalue weighted by molar-refractivity contribution is 5.88. The van der Waals surface area contributed by atoms with Crippen LogP contribution in [0.2, 0.25) is 0 Å². The van der Waals surface area contributed by atoms with E-state index in [1.807, 2.05) is 12.1 Å². The lowest BCUT2D eigenvalue weighted by Gasteiger charge is -2.43. The second-order valence-electron chi connectivity index (χ2n) is 11.9. The lowest BCUT2D eigenvalue weighted by molar-refractivity contribution is -0.137. The summed E-state index contributed by atoms with van der Waals surface area (Å²) < 4.78 is 31.2. The zero-order valence-electron chi connectivity index (χ0n) is 25.5. The van der Waals surface area contributed by atoms with Crippen molar-refractivity contribution >= 4 is 29.3 Å². The number of nitrogens with one attached hydrogen (secondary N) is 2. The minimum atomic E-state index is -1.49. The zero-order valence-corrected chi connectivity index (χ0v) is 25.5. The van der Waals surface area contributed by atoms with E-state index in [1.54, 1.807) is 18.2 Å². The van der Waals surface area contributed by atoms with Gasteiger partial charge < -0.3 is 34.6 Å². The molecule has 2 amide bonds. The molecular weight excluding hydrogens is 609 g/mol.